The molecule has 80 valence electrons. The van der Waals surface area contributed by atoms with Gasteiger partial charge in [-0.05, 0) is 24.7 Å². The van der Waals surface area contributed by atoms with Crippen molar-refractivity contribution in [3.05, 3.63) is 4.77 Å². The number of rotatable bonds is 4. The maximum absolute atomic E-state index is 5.31. The van der Waals surface area contributed by atoms with E-state index in [4.69, 9.17) is 12.2 Å². The van der Waals surface area contributed by atoms with E-state index in [0.29, 0.717) is 0 Å². The molecule has 14 heavy (non-hydrogen) atoms. The van der Waals surface area contributed by atoms with E-state index in [1.54, 1.807) is 23.5 Å². The van der Waals surface area contributed by atoms with Crippen LogP contribution in [-0.2, 0) is 0 Å². The highest BCUT2D eigenvalue weighted by Gasteiger charge is 2.14. The van der Waals surface area contributed by atoms with Crippen LogP contribution in [0.4, 0.5) is 0 Å². The van der Waals surface area contributed by atoms with Gasteiger partial charge in [0.15, 0.2) is 0 Å². The number of nitrogens with one attached hydrogen (secondary N) is 2. The molecule has 0 aliphatic heterocycles. The van der Waals surface area contributed by atoms with Crippen molar-refractivity contribution in [1.82, 2.24) is 9.35 Å². The Morgan fingerprint density at radius 2 is 1.36 bits per heavy atom. The third-order valence-corrected chi connectivity index (χ3v) is 3.83. The molecule has 0 aliphatic carbocycles. The van der Waals surface area contributed by atoms with Gasteiger partial charge in [-0.1, -0.05) is 0 Å². The number of hydrogen-bond donors (Lipinski definition) is 2. The highest BCUT2D eigenvalue weighted by molar-refractivity contribution is 8.01. The molecule has 1 rings (SSSR count). The quantitative estimate of drug-likeness (QED) is 0.629. The van der Waals surface area contributed by atoms with Gasteiger partial charge < -0.3 is 10.9 Å². The van der Waals surface area contributed by atoms with Gasteiger partial charge in [0.25, 0.3) is 0 Å². The van der Waals surface area contributed by atoms with Gasteiger partial charge in [-0.25, -0.2) is 9.35 Å². The van der Waals surface area contributed by atoms with Crippen LogP contribution >= 0.6 is 35.7 Å². The zero-order chi connectivity index (χ0) is 10.7. The fourth-order valence-electron chi connectivity index (χ4n) is 1.22. The molecular formula is C7H14N4S3. The van der Waals surface area contributed by atoms with E-state index in [1.165, 1.54) is 0 Å². The largest absolute Gasteiger partial charge is 0.326 e. The number of imidazole rings is 1. The summed E-state index contributed by atoms with van der Waals surface area (Å²) < 4.78 is 4.51. The van der Waals surface area contributed by atoms with Crippen LogP contribution < -0.4 is 10.9 Å². The molecule has 0 amide bonds. The molecule has 0 saturated heterocycles. The summed E-state index contributed by atoms with van der Waals surface area (Å²) in [6.07, 6.45) is 4.08. The van der Waals surface area contributed by atoms with Crippen LogP contribution in [0.5, 0.6) is 0 Å². The van der Waals surface area contributed by atoms with Crippen LogP contribution in [0.3, 0.4) is 0 Å². The van der Waals surface area contributed by atoms with Crippen LogP contribution in [0.25, 0.3) is 0 Å². The van der Waals surface area contributed by atoms with Gasteiger partial charge in [0.05, 0.1) is 0 Å². The minimum Gasteiger partial charge on any atom is -0.326 e. The number of thioether (sulfide) groups is 2. The van der Waals surface area contributed by atoms with Crippen molar-refractivity contribution in [2.24, 2.45) is 0 Å². The smallest absolute Gasteiger partial charge is 0.219 e. The zero-order valence-electron chi connectivity index (χ0n) is 8.62. The van der Waals surface area contributed by atoms with Crippen molar-refractivity contribution in [3.8, 4) is 0 Å². The average Bonchev–Trinajstić information content (AvgIpc) is 2.48. The number of hydrogen-bond acceptors (Lipinski definition) is 5. The second kappa shape index (κ2) is 4.99. The third-order valence-electron chi connectivity index (χ3n) is 1.81. The summed E-state index contributed by atoms with van der Waals surface area (Å²) in [6, 6.07) is 0. The second-order valence-corrected chi connectivity index (χ2v) is 4.37. The Kier molecular flexibility index (Phi) is 4.21. The number of nitrogens with zero attached hydrogens (tertiary/aromatic N) is 2. The summed E-state index contributed by atoms with van der Waals surface area (Å²) >= 11 is 8.65. The Balaban J connectivity index is 3.45. The molecule has 2 N–H and O–H groups in total. The highest BCUT2D eigenvalue weighted by atomic mass is 32.2. The minimum atomic E-state index is 0.726. The molecule has 4 nitrogen and oxygen atoms in total. The van der Waals surface area contributed by atoms with Crippen LogP contribution in [-0.4, -0.2) is 36.0 Å². The van der Waals surface area contributed by atoms with E-state index in [2.05, 4.69) is 10.9 Å². The SMILES string of the molecule is CNn1c(SC)c(SC)n(NC)c1=S. The summed E-state index contributed by atoms with van der Waals surface area (Å²) in [5.74, 6) is 0. The molecule has 1 heterocycles. The Labute approximate surface area is 97.4 Å². The Morgan fingerprint density at radius 1 is 1.00 bits per heavy atom. The maximum Gasteiger partial charge on any atom is 0.219 e. The van der Waals surface area contributed by atoms with E-state index in [1.807, 2.05) is 36.0 Å². The first kappa shape index (κ1) is 11.8. The van der Waals surface area contributed by atoms with Crippen molar-refractivity contribution in [2.75, 3.05) is 37.5 Å². The molecular weight excluding hydrogens is 236 g/mol. The topological polar surface area (TPSA) is 33.9 Å². The third kappa shape index (κ3) is 1.76. The van der Waals surface area contributed by atoms with Crippen molar-refractivity contribution in [3.63, 3.8) is 0 Å². The van der Waals surface area contributed by atoms with Crippen LogP contribution in [0.2, 0.25) is 0 Å². The van der Waals surface area contributed by atoms with E-state index < -0.39 is 0 Å². The first-order valence-corrected chi connectivity index (χ1v) is 6.88. The molecule has 7 heteroatoms. The van der Waals surface area contributed by atoms with E-state index >= 15 is 0 Å². The van der Waals surface area contributed by atoms with Crippen LogP contribution in [0.15, 0.2) is 10.1 Å². The number of aromatic nitrogens is 2. The van der Waals surface area contributed by atoms with Gasteiger partial charge in [0.2, 0.25) is 4.77 Å². The molecule has 0 aromatic carbocycles. The first-order chi connectivity index (χ1) is 6.71. The van der Waals surface area contributed by atoms with Gasteiger partial charge >= 0.3 is 0 Å². The monoisotopic (exact) mass is 250 g/mol. The highest BCUT2D eigenvalue weighted by Crippen LogP contribution is 2.28. The molecule has 0 saturated carbocycles. The Morgan fingerprint density at radius 3 is 1.57 bits per heavy atom. The molecule has 0 aliphatic rings. The maximum atomic E-state index is 5.31. The summed E-state index contributed by atoms with van der Waals surface area (Å²) in [6.45, 7) is 0. The predicted molar refractivity (Wildman–Crippen MR) is 67.4 cm³/mol. The Bertz CT molecular complexity index is 335. The summed E-state index contributed by atoms with van der Waals surface area (Å²) in [5, 5.41) is 2.25. The normalized spacial score (nSPS) is 10.3. The molecule has 0 spiro atoms. The molecule has 1 aromatic rings. The van der Waals surface area contributed by atoms with Gasteiger partial charge in [-0.3, -0.25) is 0 Å². The second-order valence-electron chi connectivity index (χ2n) is 2.42. The van der Waals surface area contributed by atoms with Gasteiger partial charge in [-0.2, -0.15) is 0 Å². The van der Waals surface area contributed by atoms with E-state index in [9.17, 15) is 0 Å². The summed E-state index contributed by atoms with van der Waals surface area (Å²) in [7, 11) is 3.72. The van der Waals surface area contributed by atoms with Gasteiger partial charge in [-0.15, -0.1) is 23.5 Å². The first-order valence-electron chi connectivity index (χ1n) is 4.02. The van der Waals surface area contributed by atoms with E-state index in [-0.39, 0.29) is 0 Å². The molecule has 0 radical (unpaired) electrons. The standard InChI is InChI=1S/C7H14N4S3/c1-8-10-5(13-3)6(14-4)11(9-2)7(10)12/h8-9H,1-4H3. The van der Waals surface area contributed by atoms with Crippen molar-refractivity contribution in [2.45, 2.75) is 10.1 Å². The molecule has 0 fully saturated rings. The molecule has 0 atom stereocenters. The Hall–Kier alpha value is -0.270. The van der Waals surface area contributed by atoms with Crippen molar-refractivity contribution < 1.29 is 0 Å². The lowest BCUT2D eigenvalue weighted by Gasteiger charge is -2.04. The fraction of sp³-hybridized carbons (Fsp3) is 0.571. The van der Waals surface area contributed by atoms with Crippen LogP contribution in [0, 0.1) is 4.77 Å². The van der Waals surface area contributed by atoms with Crippen molar-refractivity contribution >= 4 is 35.7 Å². The fourth-order valence-corrected chi connectivity index (χ4v) is 3.45. The predicted octanol–water partition coefficient (Wildman–Crippen LogP) is 1.81. The van der Waals surface area contributed by atoms with Gasteiger partial charge in [0, 0.05) is 14.1 Å². The summed E-state index contributed by atoms with van der Waals surface area (Å²) in [5.41, 5.74) is 6.12. The molecule has 0 unspecified atom stereocenters. The molecule has 0 bridgehead atoms. The average molecular weight is 250 g/mol. The lowest BCUT2D eigenvalue weighted by molar-refractivity contribution is 0.792. The minimum absolute atomic E-state index is 0.726. The van der Waals surface area contributed by atoms with Crippen molar-refractivity contribution in [1.29, 1.82) is 0 Å². The molecule has 1 aromatic heterocycles. The lowest BCUT2D eigenvalue weighted by atomic mass is 10.9. The van der Waals surface area contributed by atoms with Gasteiger partial charge in [0.1, 0.15) is 10.1 Å². The summed E-state index contributed by atoms with van der Waals surface area (Å²) in [4.78, 5) is 0. The lowest BCUT2D eigenvalue weighted by Crippen LogP contribution is -2.13. The zero-order valence-corrected chi connectivity index (χ0v) is 11.1. The van der Waals surface area contributed by atoms with E-state index in [0.717, 1.165) is 14.8 Å². The van der Waals surface area contributed by atoms with Crippen LogP contribution in [0.1, 0.15) is 0 Å².